The zero-order valence-electron chi connectivity index (χ0n) is 33.7. The van der Waals surface area contributed by atoms with Crippen LogP contribution in [-0.2, 0) is 28.0 Å². The number of hydrogen-bond acceptors (Lipinski definition) is 8. The van der Waals surface area contributed by atoms with Gasteiger partial charge in [0, 0.05) is 65.7 Å². The Balaban J connectivity index is 0.685. The maximum Gasteiger partial charge on any atom is 0.255 e. The number of hydrogen-bond donors (Lipinski definition) is 2. The Labute approximate surface area is 345 Å². The molecule has 3 atom stereocenters. The summed E-state index contributed by atoms with van der Waals surface area (Å²) >= 11 is 0. The lowest BCUT2D eigenvalue weighted by atomic mass is 9.65. The zero-order chi connectivity index (χ0) is 39.9. The van der Waals surface area contributed by atoms with Crippen LogP contribution in [0.5, 0.6) is 11.5 Å². The van der Waals surface area contributed by atoms with Crippen molar-refractivity contribution in [2.45, 2.75) is 94.0 Å². The van der Waals surface area contributed by atoms with Gasteiger partial charge < -0.3 is 24.5 Å². The van der Waals surface area contributed by atoms with Gasteiger partial charge in [0.25, 0.3) is 5.91 Å². The molecule has 11 rings (SSSR count). The van der Waals surface area contributed by atoms with E-state index in [1.165, 1.54) is 60.0 Å². The first-order valence-electron chi connectivity index (χ1n) is 22.0. The van der Waals surface area contributed by atoms with E-state index in [0.29, 0.717) is 42.2 Å². The summed E-state index contributed by atoms with van der Waals surface area (Å²) in [5.41, 5.74) is 8.30. The molecule has 4 fully saturated rings. The van der Waals surface area contributed by atoms with Crippen molar-refractivity contribution in [3.8, 4) is 11.5 Å². The third-order valence-corrected chi connectivity index (χ3v) is 15.5. The van der Waals surface area contributed by atoms with Gasteiger partial charge >= 0.3 is 0 Å². The number of nitrogens with one attached hydrogen (secondary N) is 1. The van der Waals surface area contributed by atoms with E-state index in [0.717, 1.165) is 74.9 Å². The van der Waals surface area contributed by atoms with Gasteiger partial charge in [-0.15, -0.1) is 0 Å². The molecule has 3 amide bonds. The van der Waals surface area contributed by atoms with Gasteiger partial charge in [0.05, 0.1) is 13.2 Å². The fourth-order valence-electron chi connectivity index (χ4n) is 12.2. The Bertz CT molecular complexity index is 2300. The number of anilines is 1. The smallest absolute Gasteiger partial charge is 0.255 e. The average Bonchev–Trinajstić information content (AvgIpc) is 3.78. The molecule has 2 aliphatic carbocycles. The summed E-state index contributed by atoms with van der Waals surface area (Å²) in [5, 5.41) is 12.6. The molecule has 10 heteroatoms. The second-order valence-electron chi connectivity index (χ2n) is 18.9. The fraction of sp³-hybridized carbons (Fsp3) is 0.469. The standard InChI is InChI=1S/C49H53N5O5/c55-35-8-10-37-33(24-35)6-9-36(32-4-2-1-3-5-32)44(37)34-7-14-42(50-25-34)53-28-48(29-53)18-16-31(17-19-48)26-52-22-20-49(21-23-52)30-59-45-39-27-54(41-13-15-43(56)51-46(41)57)47(58)38(39)11-12-40(45)49/h1-5,7-8,10-12,14,24-25,31,36,41,44,55H,6,9,13,15-23,26-30H2,(H,51,56,57)/t36-,41?,44+/m1/s1. The van der Waals surface area contributed by atoms with E-state index >= 15 is 0 Å². The monoisotopic (exact) mass is 791 g/mol. The number of phenolic OH excluding ortho intramolecular Hbond substituents is 1. The van der Waals surface area contributed by atoms with Gasteiger partial charge in [-0.05, 0) is 129 Å². The van der Waals surface area contributed by atoms with Gasteiger partial charge in [0.2, 0.25) is 11.8 Å². The van der Waals surface area contributed by atoms with Crippen molar-refractivity contribution >= 4 is 23.5 Å². The number of fused-ring (bicyclic) bond motifs is 5. The second kappa shape index (κ2) is 14.2. The molecule has 10 nitrogen and oxygen atoms in total. The van der Waals surface area contributed by atoms with Gasteiger partial charge in [-0.25, -0.2) is 4.98 Å². The number of aromatic hydroxyl groups is 1. The number of ether oxygens (including phenoxy) is 1. The number of benzene rings is 3. The van der Waals surface area contributed by atoms with Crippen LogP contribution in [0, 0.1) is 11.3 Å². The van der Waals surface area contributed by atoms with E-state index < -0.39 is 6.04 Å². The van der Waals surface area contributed by atoms with Gasteiger partial charge in [0.1, 0.15) is 23.4 Å². The maximum absolute atomic E-state index is 13.4. The first-order chi connectivity index (χ1) is 28.7. The molecule has 3 saturated heterocycles. The number of imide groups is 1. The number of likely N-dealkylation sites (tertiary alicyclic amines) is 1. The molecule has 2 spiro atoms. The Morgan fingerprint density at radius 1 is 0.847 bits per heavy atom. The predicted octanol–water partition coefficient (Wildman–Crippen LogP) is 6.83. The molecule has 2 N–H and O–H groups in total. The number of phenols is 1. The first kappa shape index (κ1) is 36.8. The van der Waals surface area contributed by atoms with Crippen LogP contribution < -0.4 is 15.0 Å². The molecule has 304 valence electrons. The van der Waals surface area contributed by atoms with Crippen molar-refractivity contribution in [1.82, 2.24) is 20.1 Å². The Kier molecular flexibility index (Phi) is 8.87. The van der Waals surface area contributed by atoms with Crippen LogP contribution in [0.1, 0.15) is 113 Å². The van der Waals surface area contributed by atoms with Crippen molar-refractivity contribution < 1.29 is 24.2 Å². The van der Waals surface area contributed by atoms with Crippen molar-refractivity contribution in [1.29, 1.82) is 0 Å². The lowest BCUT2D eigenvalue weighted by Gasteiger charge is -2.54. The van der Waals surface area contributed by atoms with Crippen LogP contribution in [0.2, 0.25) is 0 Å². The van der Waals surface area contributed by atoms with E-state index in [9.17, 15) is 19.5 Å². The van der Waals surface area contributed by atoms with E-state index in [1.54, 1.807) is 4.90 Å². The molecular weight excluding hydrogens is 739 g/mol. The van der Waals surface area contributed by atoms with Crippen LogP contribution in [0.4, 0.5) is 5.82 Å². The summed E-state index contributed by atoms with van der Waals surface area (Å²) in [6.07, 6.45) is 12.0. The highest BCUT2D eigenvalue weighted by Crippen LogP contribution is 2.52. The highest BCUT2D eigenvalue weighted by Gasteiger charge is 2.49. The van der Waals surface area contributed by atoms with Crippen LogP contribution in [0.25, 0.3) is 0 Å². The van der Waals surface area contributed by atoms with Crippen LogP contribution >= 0.6 is 0 Å². The molecular formula is C49H53N5O5. The third kappa shape index (κ3) is 6.32. The molecule has 1 unspecified atom stereocenters. The Morgan fingerprint density at radius 3 is 2.42 bits per heavy atom. The minimum absolute atomic E-state index is 0.0291. The molecule has 5 aliphatic heterocycles. The summed E-state index contributed by atoms with van der Waals surface area (Å²) < 4.78 is 6.43. The van der Waals surface area contributed by atoms with Crippen LogP contribution in [-0.4, -0.2) is 83.0 Å². The maximum atomic E-state index is 13.4. The van der Waals surface area contributed by atoms with Crippen molar-refractivity contribution in [3.63, 3.8) is 0 Å². The lowest BCUT2D eigenvalue weighted by molar-refractivity contribution is -0.136. The predicted molar refractivity (Wildman–Crippen MR) is 224 cm³/mol. The number of pyridine rings is 1. The normalized spacial score (nSPS) is 26.0. The van der Waals surface area contributed by atoms with Gasteiger partial charge in [-0.2, -0.15) is 0 Å². The quantitative estimate of drug-likeness (QED) is 0.204. The number of carbonyl (C=O) groups is 3. The molecule has 1 saturated carbocycles. The van der Waals surface area contributed by atoms with Crippen LogP contribution in [0.3, 0.4) is 0 Å². The fourth-order valence-corrected chi connectivity index (χ4v) is 12.2. The molecule has 7 aliphatic rings. The number of amides is 3. The molecule has 3 aromatic carbocycles. The van der Waals surface area contributed by atoms with Gasteiger partial charge in [-0.1, -0.05) is 48.5 Å². The first-order valence-corrected chi connectivity index (χ1v) is 22.0. The van der Waals surface area contributed by atoms with Gasteiger partial charge in [-0.3, -0.25) is 19.7 Å². The molecule has 4 aromatic rings. The number of nitrogens with zero attached hydrogens (tertiary/aromatic N) is 4. The molecule has 6 heterocycles. The summed E-state index contributed by atoms with van der Waals surface area (Å²) in [5.74, 6) is 2.80. The largest absolute Gasteiger partial charge is 0.508 e. The SMILES string of the molecule is O=C1CCC(N2Cc3c(ccc4c3OCC43CCN(CC4CCC5(CC4)CN(c4ccc([C@@H]6c7ccc(O)cc7CC[C@@H]6c6ccccc6)cn4)C5)CC3)C2=O)C(=O)N1. The summed E-state index contributed by atoms with van der Waals surface area (Å²) in [7, 11) is 0. The van der Waals surface area contributed by atoms with E-state index in [2.05, 4.69) is 75.9 Å². The Hall–Kier alpha value is -5.22. The number of aryl methyl sites for hydroxylation is 1. The lowest BCUT2D eigenvalue weighted by Crippen LogP contribution is -2.58. The number of piperidine rings is 2. The Morgan fingerprint density at radius 2 is 1.66 bits per heavy atom. The van der Waals surface area contributed by atoms with Gasteiger partial charge in [0.15, 0.2) is 0 Å². The highest BCUT2D eigenvalue weighted by molar-refractivity contribution is 6.05. The summed E-state index contributed by atoms with van der Waals surface area (Å²) in [6.45, 7) is 6.47. The van der Waals surface area contributed by atoms with E-state index in [-0.39, 0.29) is 35.5 Å². The number of rotatable bonds is 6. The minimum atomic E-state index is -0.618. The molecule has 0 radical (unpaired) electrons. The van der Waals surface area contributed by atoms with Crippen molar-refractivity contribution in [2.24, 2.45) is 11.3 Å². The van der Waals surface area contributed by atoms with Crippen molar-refractivity contribution in [3.05, 3.63) is 118 Å². The van der Waals surface area contributed by atoms with Crippen molar-refractivity contribution in [2.75, 3.05) is 44.2 Å². The van der Waals surface area contributed by atoms with Crippen LogP contribution in [0.15, 0.2) is 79.0 Å². The molecule has 59 heavy (non-hydrogen) atoms. The second-order valence-corrected chi connectivity index (χ2v) is 18.9. The third-order valence-electron chi connectivity index (χ3n) is 15.5. The highest BCUT2D eigenvalue weighted by atomic mass is 16.5. The summed E-state index contributed by atoms with van der Waals surface area (Å²) in [6, 6.07) is 24.8. The number of carbonyl (C=O) groups excluding carboxylic acids is 3. The topological polar surface area (TPSA) is 115 Å². The molecule has 0 bridgehead atoms. The van der Waals surface area contributed by atoms with E-state index in [4.69, 9.17) is 9.72 Å². The minimum Gasteiger partial charge on any atom is -0.508 e. The average molecular weight is 792 g/mol. The summed E-state index contributed by atoms with van der Waals surface area (Å²) in [4.78, 5) is 49.6. The molecule has 1 aromatic heterocycles. The zero-order valence-corrected chi connectivity index (χ0v) is 33.7. The van der Waals surface area contributed by atoms with E-state index in [1.807, 2.05) is 18.2 Å². The number of aromatic nitrogens is 1.